The molecule has 4 saturated heterocycles. The lowest BCUT2D eigenvalue weighted by atomic mass is 9.79. The third-order valence-electron chi connectivity index (χ3n) is 13.6. The van der Waals surface area contributed by atoms with E-state index in [9.17, 15) is 38.4 Å². The number of carbonyl (C=O) groups excluding carboxylic acids is 7. The summed E-state index contributed by atoms with van der Waals surface area (Å²) in [6, 6.07) is 9.37. The second-order valence-corrected chi connectivity index (χ2v) is 20.7. The van der Waals surface area contributed by atoms with Gasteiger partial charge >= 0.3 is 30.2 Å². The molecule has 2 aliphatic carbocycles. The summed E-state index contributed by atoms with van der Waals surface area (Å²) < 4.78 is 10.9. The van der Waals surface area contributed by atoms with Crippen molar-refractivity contribution in [3.05, 3.63) is 58.7 Å². The molecule has 380 valence electrons. The number of aryl methyl sites for hydroxylation is 2. The molecule has 4 heterocycles. The van der Waals surface area contributed by atoms with E-state index in [0.29, 0.717) is 57.7 Å². The topological polar surface area (TPSA) is 245 Å². The minimum Gasteiger partial charge on any atom is -0.480 e. The Hall–Kier alpha value is -6.24. The van der Waals surface area contributed by atoms with Crippen LogP contribution in [-0.4, -0.2) is 117 Å². The maximum atomic E-state index is 13.5. The van der Waals surface area contributed by atoms with Crippen LogP contribution in [0.1, 0.15) is 144 Å². The number of rotatable bonds is 6. The molecule has 6 N–H and O–H groups in total. The van der Waals surface area contributed by atoms with E-state index >= 15 is 0 Å². The zero-order valence-electron chi connectivity index (χ0n) is 40.3. The van der Waals surface area contributed by atoms with Crippen LogP contribution in [-0.2, 0) is 52.7 Å². The molecular formula is C50H74N8O11. The predicted molar refractivity (Wildman–Crippen MR) is 261 cm³/mol. The Morgan fingerprint density at radius 1 is 0.609 bits per heavy atom. The molecular weight excluding hydrogens is 889 g/mol. The van der Waals surface area contributed by atoms with E-state index in [-0.39, 0.29) is 56.9 Å². The quantitative estimate of drug-likeness (QED) is 0.166. The number of ether oxygens (including phenoxy) is 2. The van der Waals surface area contributed by atoms with Crippen LogP contribution in [0.2, 0.25) is 0 Å². The number of hydrogen-bond acceptors (Lipinski definition) is 11. The molecule has 9 amide bonds. The minimum absolute atomic E-state index is 0. The Labute approximate surface area is 406 Å². The van der Waals surface area contributed by atoms with E-state index in [2.05, 4.69) is 54.3 Å². The molecule has 2 spiro atoms. The number of imide groups is 2. The number of urea groups is 2. The lowest BCUT2D eigenvalue weighted by Crippen LogP contribution is -2.63. The Kier molecular flexibility index (Phi) is 16.4. The lowest BCUT2D eigenvalue weighted by molar-refractivity contribution is -0.152. The molecule has 4 fully saturated rings. The highest BCUT2D eigenvalue weighted by molar-refractivity contribution is 6.07. The lowest BCUT2D eigenvalue weighted by Gasteiger charge is -2.53. The smallest absolute Gasteiger partial charge is 0.418 e. The van der Waals surface area contributed by atoms with Gasteiger partial charge in [0, 0.05) is 71.6 Å². The third kappa shape index (κ3) is 11.3. The van der Waals surface area contributed by atoms with Gasteiger partial charge in [0.15, 0.2) is 0 Å². The standard InChI is InChI=1S/C24H32N4O5.C15H15N3O6.C9H19N.2CH4/c1-22(2)10-6-11-23(3,4)28(22)18(29)14-27-19(30)24(33-21(27)32)12-9-15-13-16(7-8-17(15)24)26-20(31)25-5;1-16-13(22)17-9-2-3-10-8(6-9)4-5-15(10)12(21)18(7-11(19)20)14(23)24-15;1-8(2)6-5-7-9(3,4)10-8;;/h7-8,13H,6,9-12,14H2,1-5H3,(H2,25,26,31);2-3,6H,4-5,7H2,1H3,(H,19,20)(H2,16,17,22);10H,5-7H2,1-4H3;2*1H4/t24-;15-;;;/m11.../s1. The van der Waals surface area contributed by atoms with Gasteiger partial charge in [-0.25, -0.2) is 29.0 Å². The van der Waals surface area contributed by atoms with Crippen molar-refractivity contribution >= 4 is 59.3 Å². The Morgan fingerprint density at radius 3 is 1.36 bits per heavy atom. The van der Waals surface area contributed by atoms with Crippen molar-refractivity contribution in [3.63, 3.8) is 0 Å². The van der Waals surface area contributed by atoms with Gasteiger partial charge in [-0.2, -0.15) is 0 Å². The van der Waals surface area contributed by atoms with Crippen LogP contribution in [0.5, 0.6) is 0 Å². The normalized spacial score (nSPS) is 23.9. The molecule has 8 rings (SSSR count). The first-order valence-electron chi connectivity index (χ1n) is 22.9. The maximum absolute atomic E-state index is 13.5. The van der Waals surface area contributed by atoms with Crippen molar-refractivity contribution in [2.24, 2.45) is 0 Å². The monoisotopic (exact) mass is 963 g/mol. The molecule has 19 nitrogen and oxygen atoms in total. The number of hydrogen-bond donors (Lipinski definition) is 6. The van der Waals surface area contributed by atoms with Crippen molar-refractivity contribution in [1.29, 1.82) is 0 Å². The molecule has 0 bridgehead atoms. The van der Waals surface area contributed by atoms with E-state index < -0.39 is 47.7 Å². The molecule has 69 heavy (non-hydrogen) atoms. The van der Waals surface area contributed by atoms with Gasteiger partial charge in [0.2, 0.25) is 17.1 Å². The zero-order chi connectivity index (χ0) is 49.5. The Balaban J connectivity index is 0.000000252. The number of piperidine rings is 2. The van der Waals surface area contributed by atoms with Gasteiger partial charge in [-0.1, -0.05) is 27.0 Å². The zero-order valence-corrected chi connectivity index (χ0v) is 40.3. The summed E-state index contributed by atoms with van der Waals surface area (Å²) >= 11 is 0. The van der Waals surface area contributed by atoms with Gasteiger partial charge in [-0.15, -0.1) is 0 Å². The maximum Gasteiger partial charge on any atom is 0.418 e. The number of amides is 9. The van der Waals surface area contributed by atoms with Crippen LogP contribution < -0.4 is 26.6 Å². The van der Waals surface area contributed by atoms with Crippen molar-refractivity contribution in [2.45, 2.75) is 168 Å². The van der Waals surface area contributed by atoms with Gasteiger partial charge in [-0.3, -0.25) is 19.2 Å². The first kappa shape index (κ1) is 55.4. The fourth-order valence-corrected chi connectivity index (χ4v) is 10.9. The number of fused-ring (bicyclic) bond motifs is 4. The number of carboxylic acid groups (broad SMARTS) is 1. The summed E-state index contributed by atoms with van der Waals surface area (Å²) in [6.45, 7) is 16.2. The summed E-state index contributed by atoms with van der Waals surface area (Å²) in [7, 11) is 3.02. The van der Waals surface area contributed by atoms with E-state index in [0.717, 1.165) is 35.3 Å². The molecule has 2 atom stereocenters. The summed E-state index contributed by atoms with van der Waals surface area (Å²) in [6.07, 6.45) is 6.54. The van der Waals surface area contributed by atoms with Gasteiger partial charge < -0.3 is 46.1 Å². The number of carboxylic acids is 1. The second-order valence-electron chi connectivity index (χ2n) is 20.7. The van der Waals surface area contributed by atoms with Crippen LogP contribution in [0, 0.1) is 0 Å². The van der Waals surface area contributed by atoms with Crippen LogP contribution in [0.25, 0.3) is 0 Å². The first-order chi connectivity index (χ1) is 31.2. The van der Waals surface area contributed by atoms with Crippen LogP contribution in [0.3, 0.4) is 0 Å². The fourth-order valence-electron chi connectivity index (χ4n) is 10.9. The molecule has 6 aliphatic rings. The average Bonchev–Trinajstić information content (AvgIpc) is 3.91. The van der Waals surface area contributed by atoms with Crippen LogP contribution in [0.4, 0.5) is 30.6 Å². The number of nitrogens with one attached hydrogen (secondary N) is 5. The number of aliphatic carboxylic acids is 1. The van der Waals surface area contributed by atoms with Gasteiger partial charge in [0.1, 0.15) is 13.1 Å². The summed E-state index contributed by atoms with van der Waals surface area (Å²) in [5, 5.41) is 22.7. The van der Waals surface area contributed by atoms with Crippen molar-refractivity contribution < 1.29 is 52.9 Å². The Bertz CT molecular complexity index is 2330. The molecule has 4 aliphatic heterocycles. The molecule has 0 aromatic heterocycles. The Morgan fingerprint density at radius 2 is 1.00 bits per heavy atom. The van der Waals surface area contributed by atoms with Gasteiger partial charge in [-0.05, 0) is 142 Å². The molecule has 0 saturated carbocycles. The molecule has 19 heteroatoms. The van der Waals surface area contributed by atoms with Crippen molar-refractivity contribution in [2.75, 3.05) is 37.8 Å². The van der Waals surface area contributed by atoms with Crippen molar-refractivity contribution in [3.8, 4) is 0 Å². The van der Waals surface area contributed by atoms with Gasteiger partial charge in [0.25, 0.3) is 11.8 Å². The predicted octanol–water partition coefficient (Wildman–Crippen LogP) is 7.36. The number of carbonyl (C=O) groups is 8. The van der Waals surface area contributed by atoms with E-state index in [1.807, 2.05) is 32.6 Å². The fraction of sp³-hybridized carbons (Fsp3) is 0.600. The molecule has 2 aromatic rings. The third-order valence-corrected chi connectivity index (χ3v) is 13.6. The number of anilines is 2. The highest BCUT2D eigenvalue weighted by atomic mass is 16.6. The highest BCUT2D eigenvalue weighted by Gasteiger charge is 2.60. The number of benzene rings is 2. The SMILES string of the molecule is C.C.CC1(C)CCCC(C)(C)N1.CNC(=O)Nc1ccc2c(c1)CC[C@@]21OC(=O)N(CC(=O)N2C(C)(C)CCCC2(C)C)C1=O.CNC(=O)Nc1ccc2c(c1)CC[C@@]21OC(=O)N(CC(=O)O)C1=O. The van der Waals surface area contributed by atoms with Crippen molar-refractivity contribution in [1.82, 2.24) is 30.7 Å². The number of nitrogens with zero attached hydrogens (tertiary/aromatic N) is 3. The van der Waals surface area contributed by atoms with E-state index in [1.165, 1.54) is 33.4 Å². The van der Waals surface area contributed by atoms with Gasteiger partial charge in [0.05, 0.1) is 0 Å². The molecule has 2 aromatic carbocycles. The van der Waals surface area contributed by atoms with Crippen LogP contribution >= 0.6 is 0 Å². The summed E-state index contributed by atoms with van der Waals surface area (Å²) in [5.41, 5.74) is 0.983. The second kappa shape index (κ2) is 20.4. The first-order valence-corrected chi connectivity index (χ1v) is 22.9. The van der Waals surface area contributed by atoms with E-state index in [4.69, 9.17) is 14.6 Å². The largest absolute Gasteiger partial charge is 0.480 e. The molecule has 0 unspecified atom stereocenters. The summed E-state index contributed by atoms with van der Waals surface area (Å²) in [5.74, 6) is -2.71. The average molecular weight is 963 g/mol. The summed E-state index contributed by atoms with van der Waals surface area (Å²) in [4.78, 5) is 101. The number of likely N-dealkylation sites (tertiary alicyclic amines) is 1. The minimum atomic E-state index is -1.46. The molecule has 0 radical (unpaired) electrons. The van der Waals surface area contributed by atoms with E-state index in [1.54, 1.807) is 36.4 Å². The van der Waals surface area contributed by atoms with Crippen LogP contribution in [0.15, 0.2) is 36.4 Å². The highest BCUT2D eigenvalue weighted by Crippen LogP contribution is 2.48.